The molecule has 0 aromatic heterocycles. The average molecular weight is 210 g/mol. The summed E-state index contributed by atoms with van der Waals surface area (Å²) in [6, 6.07) is 0. The predicted molar refractivity (Wildman–Crippen MR) is 66.0 cm³/mol. The largest absolute Gasteiger partial charge is 0.381 e. The topological polar surface area (TPSA) is 9.23 Å². The highest BCUT2D eigenvalue weighted by atomic mass is 16.5. The molecular weight excluding hydrogens is 184 g/mol. The summed E-state index contributed by atoms with van der Waals surface area (Å²) in [7, 11) is 1.83. The van der Waals surface area contributed by atoms with E-state index in [1.165, 1.54) is 44.9 Å². The molecule has 0 radical (unpaired) electrons. The third-order valence-corrected chi connectivity index (χ3v) is 3.49. The zero-order chi connectivity index (χ0) is 10.9. The summed E-state index contributed by atoms with van der Waals surface area (Å²) >= 11 is 0. The maximum atomic E-state index is 5.38. The summed E-state index contributed by atoms with van der Waals surface area (Å²) in [6.07, 6.45) is 15.9. The van der Waals surface area contributed by atoms with Gasteiger partial charge in [-0.25, -0.2) is 0 Å². The van der Waals surface area contributed by atoms with Crippen LogP contribution in [0.1, 0.15) is 58.3 Å². The molecule has 0 amide bonds. The Morgan fingerprint density at radius 3 is 2.87 bits per heavy atom. The molecule has 88 valence electrons. The first-order chi connectivity index (χ1) is 7.36. The summed E-state index contributed by atoms with van der Waals surface area (Å²) in [5.41, 5.74) is 0. The normalized spacial score (nSPS) is 22.9. The number of unbranched alkanes of at least 4 members (excludes halogenated alkanes) is 1. The van der Waals surface area contributed by atoms with Crippen LogP contribution in [0.3, 0.4) is 0 Å². The van der Waals surface area contributed by atoms with Crippen LogP contribution >= 0.6 is 0 Å². The summed E-state index contributed by atoms with van der Waals surface area (Å²) in [6.45, 7) is 2.21. The molecule has 1 heteroatoms. The van der Waals surface area contributed by atoms with Crippen molar-refractivity contribution in [1.29, 1.82) is 0 Å². The quantitative estimate of drug-likeness (QED) is 0.449. The number of hydrogen-bond acceptors (Lipinski definition) is 1. The van der Waals surface area contributed by atoms with Crippen molar-refractivity contribution >= 4 is 0 Å². The van der Waals surface area contributed by atoms with Crippen LogP contribution in [0.15, 0.2) is 12.2 Å². The number of allylic oxidation sites excluding steroid dienone is 2. The van der Waals surface area contributed by atoms with E-state index >= 15 is 0 Å². The summed E-state index contributed by atoms with van der Waals surface area (Å²) in [5.74, 6) is 0.876. The van der Waals surface area contributed by atoms with Gasteiger partial charge in [-0.05, 0) is 44.4 Å². The van der Waals surface area contributed by atoms with Gasteiger partial charge in [0.25, 0.3) is 0 Å². The minimum absolute atomic E-state index is 0.492. The van der Waals surface area contributed by atoms with E-state index in [0.717, 1.165) is 12.3 Å². The minimum Gasteiger partial charge on any atom is -0.381 e. The Bertz CT molecular complexity index is 170. The second-order valence-corrected chi connectivity index (χ2v) is 4.67. The van der Waals surface area contributed by atoms with Crippen molar-refractivity contribution in [1.82, 2.24) is 0 Å². The molecular formula is C14H26O. The van der Waals surface area contributed by atoms with Crippen molar-refractivity contribution in [2.45, 2.75) is 64.4 Å². The molecule has 0 saturated heterocycles. The highest BCUT2D eigenvalue weighted by Crippen LogP contribution is 2.23. The van der Waals surface area contributed by atoms with Crippen LogP contribution in [-0.4, -0.2) is 13.2 Å². The molecule has 0 saturated carbocycles. The molecule has 1 aliphatic carbocycles. The van der Waals surface area contributed by atoms with Crippen molar-refractivity contribution in [2.75, 3.05) is 7.11 Å². The molecule has 1 aliphatic rings. The van der Waals surface area contributed by atoms with Gasteiger partial charge in [-0.15, -0.1) is 0 Å². The first kappa shape index (κ1) is 12.8. The summed E-state index contributed by atoms with van der Waals surface area (Å²) < 4.78 is 5.38. The minimum atomic E-state index is 0.492. The molecule has 0 aromatic carbocycles. The lowest BCUT2D eigenvalue weighted by atomic mass is 9.91. The fraction of sp³-hybridized carbons (Fsp3) is 0.857. The van der Waals surface area contributed by atoms with Crippen molar-refractivity contribution in [3.05, 3.63) is 12.2 Å². The van der Waals surface area contributed by atoms with Gasteiger partial charge < -0.3 is 4.74 Å². The van der Waals surface area contributed by atoms with Gasteiger partial charge in [0.1, 0.15) is 0 Å². The van der Waals surface area contributed by atoms with Crippen molar-refractivity contribution < 1.29 is 4.74 Å². The standard InChI is InChI=1S/C14H26O/c1-3-14(15-2)12-8-7-11-13-9-5-4-6-10-13/h5,9,13-14H,3-4,6-8,10-12H2,1-2H3. The number of ether oxygens (including phenoxy) is 1. The lowest BCUT2D eigenvalue weighted by molar-refractivity contribution is 0.0895. The predicted octanol–water partition coefficient (Wildman–Crippen LogP) is 4.33. The monoisotopic (exact) mass is 210 g/mol. The molecule has 0 aliphatic heterocycles. The van der Waals surface area contributed by atoms with Crippen molar-refractivity contribution in [2.24, 2.45) is 5.92 Å². The Morgan fingerprint density at radius 2 is 2.27 bits per heavy atom. The van der Waals surface area contributed by atoms with Gasteiger partial charge in [-0.2, -0.15) is 0 Å². The summed E-state index contributed by atoms with van der Waals surface area (Å²) in [4.78, 5) is 0. The second-order valence-electron chi connectivity index (χ2n) is 4.67. The van der Waals surface area contributed by atoms with Gasteiger partial charge >= 0.3 is 0 Å². The average Bonchev–Trinajstić information content (AvgIpc) is 2.31. The van der Waals surface area contributed by atoms with E-state index in [0.29, 0.717) is 6.10 Å². The van der Waals surface area contributed by atoms with Crippen molar-refractivity contribution in [3.8, 4) is 0 Å². The van der Waals surface area contributed by atoms with E-state index < -0.39 is 0 Å². The Hall–Kier alpha value is -0.300. The SMILES string of the molecule is CCC(CCCCC1C=CCCC1)OC. The van der Waals surface area contributed by atoms with Gasteiger partial charge in [0.15, 0.2) is 0 Å². The molecule has 0 N–H and O–H groups in total. The zero-order valence-corrected chi connectivity index (χ0v) is 10.4. The fourth-order valence-corrected chi connectivity index (χ4v) is 2.39. The van der Waals surface area contributed by atoms with Gasteiger partial charge in [0.05, 0.1) is 6.10 Å². The Kier molecular flexibility index (Phi) is 6.74. The lowest BCUT2D eigenvalue weighted by Gasteiger charge is -2.17. The van der Waals surface area contributed by atoms with Gasteiger partial charge in [0, 0.05) is 7.11 Å². The molecule has 0 aromatic rings. The summed E-state index contributed by atoms with van der Waals surface area (Å²) in [5, 5.41) is 0. The molecule has 0 fully saturated rings. The van der Waals surface area contributed by atoms with E-state index in [9.17, 15) is 0 Å². The van der Waals surface area contributed by atoms with E-state index in [-0.39, 0.29) is 0 Å². The third kappa shape index (κ3) is 5.36. The Morgan fingerprint density at radius 1 is 1.40 bits per heavy atom. The van der Waals surface area contributed by atoms with Crippen LogP contribution in [-0.2, 0) is 4.74 Å². The van der Waals surface area contributed by atoms with Crippen LogP contribution in [0.4, 0.5) is 0 Å². The van der Waals surface area contributed by atoms with Crippen LogP contribution in [0.25, 0.3) is 0 Å². The maximum Gasteiger partial charge on any atom is 0.0568 e. The smallest absolute Gasteiger partial charge is 0.0568 e. The first-order valence-electron chi connectivity index (χ1n) is 6.56. The molecule has 0 bridgehead atoms. The molecule has 1 nitrogen and oxygen atoms in total. The molecule has 2 atom stereocenters. The van der Waals surface area contributed by atoms with Crippen LogP contribution in [0, 0.1) is 5.92 Å². The van der Waals surface area contributed by atoms with Crippen LogP contribution in [0.5, 0.6) is 0 Å². The zero-order valence-electron chi connectivity index (χ0n) is 10.4. The molecule has 1 rings (SSSR count). The van der Waals surface area contributed by atoms with Gasteiger partial charge in [0.2, 0.25) is 0 Å². The van der Waals surface area contributed by atoms with E-state index in [1.807, 2.05) is 7.11 Å². The number of methoxy groups -OCH3 is 1. The van der Waals surface area contributed by atoms with Crippen LogP contribution < -0.4 is 0 Å². The third-order valence-electron chi connectivity index (χ3n) is 3.49. The molecule has 0 heterocycles. The molecule has 2 unspecified atom stereocenters. The lowest BCUT2D eigenvalue weighted by Crippen LogP contribution is -2.08. The first-order valence-corrected chi connectivity index (χ1v) is 6.56. The maximum absolute atomic E-state index is 5.38. The van der Waals surface area contributed by atoms with E-state index in [4.69, 9.17) is 4.74 Å². The number of hydrogen-bond donors (Lipinski definition) is 0. The Balaban J connectivity index is 2.00. The number of rotatable bonds is 7. The molecule has 0 spiro atoms. The van der Waals surface area contributed by atoms with E-state index in [2.05, 4.69) is 19.1 Å². The highest BCUT2D eigenvalue weighted by molar-refractivity contribution is 4.92. The highest BCUT2D eigenvalue weighted by Gasteiger charge is 2.08. The van der Waals surface area contributed by atoms with E-state index in [1.54, 1.807) is 0 Å². The van der Waals surface area contributed by atoms with Gasteiger partial charge in [-0.3, -0.25) is 0 Å². The van der Waals surface area contributed by atoms with Crippen molar-refractivity contribution in [3.63, 3.8) is 0 Å². The van der Waals surface area contributed by atoms with Gasteiger partial charge in [-0.1, -0.05) is 31.9 Å². The Labute approximate surface area is 94.9 Å². The molecule has 15 heavy (non-hydrogen) atoms. The second kappa shape index (κ2) is 7.92. The van der Waals surface area contributed by atoms with Crippen LogP contribution in [0.2, 0.25) is 0 Å². The fourth-order valence-electron chi connectivity index (χ4n) is 2.39.